The van der Waals surface area contributed by atoms with Crippen molar-refractivity contribution in [3.8, 4) is 11.5 Å². The van der Waals surface area contributed by atoms with Gasteiger partial charge in [-0.15, -0.1) is 0 Å². The van der Waals surface area contributed by atoms with Gasteiger partial charge >= 0.3 is 0 Å². The fourth-order valence-electron chi connectivity index (χ4n) is 2.13. The number of Topliss-reactive ketones (excluding diaryl/α,β-unsaturated/α-hetero) is 1. The first-order valence-electron chi connectivity index (χ1n) is 7.02. The number of carbonyl (C=O) groups is 2. The molecule has 0 fully saturated rings. The van der Waals surface area contributed by atoms with Gasteiger partial charge in [0.2, 0.25) is 12.7 Å². The van der Waals surface area contributed by atoms with Crippen molar-refractivity contribution in [2.45, 2.75) is 11.9 Å². The van der Waals surface area contributed by atoms with E-state index >= 15 is 0 Å². The molecule has 1 aromatic heterocycles. The highest BCUT2D eigenvalue weighted by molar-refractivity contribution is 8.00. The van der Waals surface area contributed by atoms with E-state index in [0.717, 1.165) is 0 Å². The first-order valence-corrected chi connectivity index (χ1v) is 8.38. The number of amides is 1. The number of hydrogen-bond acceptors (Lipinski definition) is 6. The third-order valence-corrected chi connectivity index (χ3v) is 4.65. The molecule has 2 heterocycles. The van der Waals surface area contributed by atoms with E-state index in [1.54, 1.807) is 30.5 Å². The lowest BCUT2D eigenvalue weighted by Crippen LogP contribution is -2.16. The van der Waals surface area contributed by atoms with Crippen LogP contribution in [0.5, 0.6) is 11.5 Å². The third-order valence-electron chi connectivity index (χ3n) is 3.23. The van der Waals surface area contributed by atoms with Gasteiger partial charge in [0.1, 0.15) is 5.03 Å². The summed E-state index contributed by atoms with van der Waals surface area (Å²) >= 11 is 7.23. The largest absolute Gasteiger partial charge is 0.454 e. The summed E-state index contributed by atoms with van der Waals surface area (Å²) in [6.07, 6.45) is 1.61. The number of pyridine rings is 1. The van der Waals surface area contributed by atoms with Crippen LogP contribution in [0.4, 0.5) is 5.69 Å². The van der Waals surface area contributed by atoms with Crippen LogP contribution in [-0.2, 0) is 4.79 Å². The molecule has 1 aliphatic rings. The number of aromatic nitrogens is 1. The Morgan fingerprint density at radius 1 is 1.33 bits per heavy atom. The Balaban J connectivity index is 1.72. The number of ether oxygens (including phenoxy) is 2. The fraction of sp³-hybridized carbons (Fsp3) is 0.188. The van der Waals surface area contributed by atoms with Gasteiger partial charge in [-0.1, -0.05) is 23.4 Å². The number of nitrogens with zero attached hydrogens (tertiary/aromatic N) is 1. The van der Waals surface area contributed by atoms with Crippen LogP contribution in [0, 0.1) is 0 Å². The SMILES string of the molecule is CC(=O)c1cc2c(cc1NC(=O)CSc1ncccc1Cl)OCO2. The van der Waals surface area contributed by atoms with Gasteiger partial charge in [0.25, 0.3) is 0 Å². The first-order chi connectivity index (χ1) is 11.5. The van der Waals surface area contributed by atoms with Crippen LogP contribution < -0.4 is 14.8 Å². The molecule has 124 valence electrons. The van der Waals surface area contributed by atoms with Crippen molar-refractivity contribution in [1.82, 2.24) is 4.98 Å². The first kappa shape index (κ1) is 16.6. The van der Waals surface area contributed by atoms with Gasteiger partial charge in [0.15, 0.2) is 17.3 Å². The van der Waals surface area contributed by atoms with Crippen molar-refractivity contribution in [2.75, 3.05) is 17.9 Å². The summed E-state index contributed by atoms with van der Waals surface area (Å²) in [5, 5.41) is 3.79. The van der Waals surface area contributed by atoms with Crippen LogP contribution in [0.2, 0.25) is 5.02 Å². The number of anilines is 1. The minimum absolute atomic E-state index is 0.0953. The molecule has 0 aliphatic carbocycles. The summed E-state index contributed by atoms with van der Waals surface area (Å²) in [7, 11) is 0. The predicted molar refractivity (Wildman–Crippen MR) is 91.2 cm³/mol. The summed E-state index contributed by atoms with van der Waals surface area (Å²) in [4.78, 5) is 28.1. The van der Waals surface area contributed by atoms with Crippen LogP contribution in [0.3, 0.4) is 0 Å². The number of ketones is 1. The van der Waals surface area contributed by atoms with Gasteiger partial charge in [-0.2, -0.15) is 0 Å². The van der Waals surface area contributed by atoms with Crippen LogP contribution in [0.15, 0.2) is 35.5 Å². The summed E-state index contributed by atoms with van der Waals surface area (Å²) in [5.41, 5.74) is 0.762. The molecular weight excluding hydrogens is 352 g/mol. The molecule has 2 aromatic rings. The molecule has 1 aliphatic heterocycles. The van der Waals surface area contributed by atoms with Crippen molar-refractivity contribution in [3.05, 3.63) is 41.0 Å². The zero-order valence-electron chi connectivity index (χ0n) is 12.7. The maximum atomic E-state index is 12.2. The summed E-state index contributed by atoms with van der Waals surface area (Å²) in [6, 6.07) is 6.59. The maximum absolute atomic E-state index is 12.2. The minimum Gasteiger partial charge on any atom is -0.454 e. The molecule has 0 bridgehead atoms. The number of halogens is 1. The zero-order chi connectivity index (χ0) is 17.1. The Bertz CT molecular complexity index is 813. The van der Waals surface area contributed by atoms with E-state index < -0.39 is 0 Å². The molecule has 24 heavy (non-hydrogen) atoms. The minimum atomic E-state index is -0.275. The number of fused-ring (bicyclic) bond motifs is 1. The van der Waals surface area contributed by atoms with Crippen molar-refractivity contribution < 1.29 is 19.1 Å². The second-order valence-electron chi connectivity index (χ2n) is 4.93. The van der Waals surface area contributed by atoms with Crippen molar-refractivity contribution >= 4 is 40.7 Å². The van der Waals surface area contributed by atoms with Crippen molar-refractivity contribution in [3.63, 3.8) is 0 Å². The molecule has 0 atom stereocenters. The average Bonchev–Trinajstić information content (AvgIpc) is 3.00. The molecule has 0 radical (unpaired) electrons. The summed E-state index contributed by atoms with van der Waals surface area (Å²) in [6.45, 7) is 1.52. The Hall–Kier alpha value is -2.25. The molecule has 0 saturated heterocycles. The number of carbonyl (C=O) groups excluding carboxylic acids is 2. The van der Waals surface area contributed by atoms with Crippen LogP contribution >= 0.6 is 23.4 Å². The highest BCUT2D eigenvalue weighted by Gasteiger charge is 2.20. The van der Waals surface area contributed by atoms with Gasteiger partial charge in [0, 0.05) is 17.8 Å². The number of benzene rings is 1. The van der Waals surface area contributed by atoms with E-state index in [0.29, 0.717) is 32.8 Å². The monoisotopic (exact) mass is 364 g/mol. The molecule has 6 nitrogen and oxygen atoms in total. The number of rotatable bonds is 5. The molecule has 0 spiro atoms. The average molecular weight is 365 g/mol. The smallest absolute Gasteiger partial charge is 0.234 e. The van der Waals surface area contributed by atoms with E-state index in [1.165, 1.54) is 18.7 Å². The van der Waals surface area contributed by atoms with Crippen LogP contribution in [0.25, 0.3) is 0 Å². The summed E-state index contributed by atoms with van der Waals surface area (Å²) < 4.78 is 10.5. The van der Waals surface area contributed by atoms with Gasteiger partial charge in [-0.05, 0) is 25.1 Å². The molecule has 1 N–H and O–H groups in total. The zero-order valence-corrected chi connectivity index (χ0v) is 14.2. The van der Waals surface area contributed by atoms with Crippen LogP contribution in [0.1, 0.15) is 17.3 Å². The number of thioether (sulfide) groups is 1. The Morgan fingerprint density at radius 3 is 2.79 bits per heavy atom. The molecule has 3 rings (SSSR count). The van der Waals surface area contributed by atoms with E-state index in [4.69, 9.17) is 21.1 Å². The normalized spacial score (nSPS) is 12.1. The van der Waals surface area contributed by atoms with Gasteiger partial charge in [-0.25, -0.2) is 4.98 Å². The third kappa shape index (κ3) is 3.63. The highest BCUT2D eigenvalue weighted by Crippen LogP contribution is 2.37. The lowest BCUT2D eigenvalue weighted by Gasteiger charge is -2.10. The number of hydrogen-bond donors (Lipinski definition) is 1. The molecule has 1 amide bonds. The predicted octanol–water partition coefficient (Wildman–Crippen LogP) is 3.40. The van der Waals surface area contributed by atoms with E-state index in [1.807, 2.05) is 0 Å². The second kappa shape index (κ2) is 7.11. The maximum Gasteiger partial charge on any atom is 0.234 e. The van der Waals surface area contributed by atoms with Crippen molar-refractivity contribution in [1.29, 1.82) is 0 Å². The Morgan fingerprint density at radius 2 is 2.08 bits per heavy atom. The lowest BCUT2D eigenvalue weighted by atomic mass is 10.1. The topological polar surface area (TPSA) is 77.5 Å². The van der Waals surface area contributed by atoms with Gasteiger partial charge in [0.05, 0.1) is 16.5 Å². The molecule has 1 aromatic carbocycles. The molecular formula is C16H13ClN2O4S. The number of nitrogens with one attached hydrogen (secondary N) is 1. The van der Waals surface area contributed by atoms with E-state index in [2.05, 4.69) is 10.3 Å². The second-order valence-corrected chi connectivity index (χ2v) is 6.31. The quantitative estimate of drug-likeness (QED) is 0.647. The standard InChI is InChI=1S/C16H13ClN2O4S/c1-9(20)10-5-13-14(23-8-22-13)6-12(10)19-15(21)7-24-16-11(17)3-2-4-18-16/h2-6H,7-8H2,1H3,(H,19,21). The van der Waals surface area contributed by atoms with E-state index in [-0.39, 0.29) is 24.2 Å². The molecule has 0 unspecified atom stereocenters. The lowest BCUT2D eigenvalue weighted by molar-refractivity contribution is -0.113. The Labute approximate surface area is 147 Å². The van der Waals surface area contributed by atoms with E-state index in [9.17, 15) is 9.59 Å². The highest BCUT2D eigenvalue weighted by atomic mass is 35.5. The van der Waals surface area contributed by atoms with Gasteiger partial charge < -0.3 is 14.8 Å². The molecule has 0 saturated carbocycles. The van der Waals surface area contributed by atoms with Gasteiger partial charge in [-0.3, -0.25) is 9.59 Å². The van der Waals surface area contributed by atoms with Crippen molar-refractivity contribution in [2.24, 2.45) is 0 Å². The summed E-state index contributed by atoms with van der Waals surface area (Å²) in [5.74, 6) is 0.651. The Kier molecular flexibility index (Phi) is 4.92. The molecule has 8 heteroatoms. The fourth-order valence-corrected chi connectivity index (χ4v) is 3.10. The van der Waals surface area contributed by atoms with Crippen LogP contribution in [-0.4, -0.2) is 29.2 Å².